The van der Waals surface area contributed by atoms with E-state index in [1.165, 1.54) is 116 Å². The molecule has 0 rings (SSSR count). The summed E-state index contributed by atoms with van der Waals surface area (Å²) in [7, 11) is 0. The Morgan fingerprint density at radius 3 is 1.45 bits per heavy atom. The molecule has 250 valence electrons. The fraction of sp³-hybridized carbons (Fsp3) is 0.919. The second-order valence-corrected chi connectivity index (χ2v) is 12.8. The van der Waals surface area contributed by atoms with Gasteiger partial charge in [-0.2, -0.15) is 0 Å². The van der Waals surface area contributed by atoms with Gasteiger partial charge in [0.25, 0.3) is 0 Å². The van der Waals surface area contributed by atoms with Gasteiger partial charge in [-0.15, -0.1) is 0 Å². The molecule has 0 aliphatic rings. The Hall–Kier alpha value is -0.910. The average Bonchev–Trinajstić information content (AvgIpc) is 2.99. The van der Waals surface area contributed by atoms with E-state index in [1.54, 1.807) is 0 Å². The van der Waals surface area contributed by atoms with Crippen molar-refractivity contribution in [2.24, 2.45) is 0 Å². The van der Waals surface area contributed by atoms with Gasteiger partial charge in [0.05, 0.1) is 18.8 Å². The zero-order valence-electron chi connectivity index (χ0n) is 28.1. The minimum atomic E-state index is -1.13. The number of amides is 1. The summed E-state index contributed by atoms with van der Waals surface area (Å²) in [4.78, 5) is 12.3. The SMILES string of the molecule is CCCC/C=C\CCCCCCC(=O)NC(CO)C(O)C(O)CCCCCCCCCCCCCCCCCCCC. The van der Waals surface area contributed by atoms with Gasteiger partial charge in [0.1, 0.15) is 6.10 Å². The molecule has 0 radical (unpaired) electrons. The van der Waals surface area contributed by atoms with E-state index >= 15 is 0 Å². The zero-order chi connectivity index (χ0) is 30.9. The maximum absolute atomic E-state index is 12.3. The van der Waals surface area contributed by atoms with Gasteiger partial charge in [0.2, 0.25) is 5.91 Å². The van der Waals surface area contributed by atoms with E-state index in [0.29, 0.717) is 12.8 Å². The molecule has 0 fully saturated rings. The Kier molecular flexibility index (Phi) is 32.3. The Balaban J connectivity index is 3.64. The normalized spacial score (nSPS) is 13.9. The number of unbranched alkanes of at least 4 members (excludes halogenated alkanes) is 23. The molecule has 4 N–H and O–H groups in total. The van der Waals surface area contributed by atoms with Gasteiger partial charge in [0.15, 0.2) is 0 Å². The Morgan fingerprint density at radius 1 is 0.571 bits per heavy atom. The molecule has 0 bridgehead atoms. The molecule has 0 heterocycles. The number of nitrogens with one attached hydrogen (secondary N) is 1. The minimum absolute atomic E-state index is 0.159. The molecule has 3 atom stereocenters. The summed E-state index contributed by atoms with van der Waals surface area (Å²) >= 11 is 0. The number of rotatable bonds is 33. The highest BCUT2D eigenvalue weighted by molar-refractivity contribution is 5.76. The van der Waals surface area contributed by atoms with Crippen molar-refractivity contribution in [2.75, 3.05) is 6.61 Å². The standard InChI is InChI=1S/C37H73NO4/c1-3-5-7-9-11-13-15-16-17-18-19-20-21-22-23-25-27-29-31-35(40)37(42)34(33-39)38-36(41)32-30-28-26-24-14-12-10-8-6-4-2/h10,12,34-35,37,39-40,42H,3-9,11,13-33H2,1-2H3,(H,38,41)/b12-10-. The lowest BCUT2D eigenvalue weighted by Gasteiger charge is -2.26. The summed E-state index contributed by atoms with van der Waals surface area (Å²) in [5.74, 6) is -0.159. The quantitative estimate of drug-likeness (QED) is 0.0449. The van der Waals surface area contributed by atoms with E-state index in [2.05, 4.69) is 31.3 Å². The number of hydrogen-bond acceptors (Lipinski definition) is 4. The van der Waals surface area contributed by atoms with Gasteiger partial charge in [0, 0.05) is 6.42 Å². The molecule has 0 aliphatic carbocycles. The number of aliphatic hydroxyl groups excluding tert-OH is 3. The monoisotopic (exact) mass is 596 g/mol. The number of carbonyl (C=O) groups is 1. The van der Waals surface area contributed by atoms with Crippen LogP contribution in [0, 0.1) is 0 Å². The summed E-state index contributed by atoms with van der Waals surface area (Å²) in [6, 6.07) is -0.809. The molecule has 0 saturated heterocycles. The molecule has 5 heteroatoms. The fourth-order valence-electron chi connectivity index (χ4n) is 5.67. The predicted octanol–water partition coefficient (Wildman–Crippen LogP) is 9.70. The molecule has 3 unspecified atom stereocenters. The number of allylic oxidation sites excluding steroid dienone is 2. The molecule has 42 heavy (non-hydrogen) atoms. The number of hydrogen-bond donors (Lipinski definition) is 4. The minimum Gasteiger partial charge on any atom is -0.394 e. The van der Waals surface area contributed by atoms with Crippen molar-refractivity contribution >= 4 is 5.91 Å². The van der Waals surface area contributed by atoms with Crippen LogP contribution in [0.2, 0.25) is 0 Å². The highest BCUT2D eigenvalue weighted by atomic mass is 16.3. The van der Waals surface area contributed by atoms with E-state index in [-0.39, 0.29) is 12.5 Å². The summed E-state index contributed by atoms with van der Waals surface area (Å²) < 4.78 is 0. The first kappa shape index (κ1) is 41.1. The Bertz CT molecular complexity index is 582. The topological polar surface area (TPSA) is 89.8 Å². The molecule has 0 spiro atoms. The van der Waals surface area contributed by atoms with E-state index in [9.17, 15) is 20.1 Å². The van der Waals surface area contributed by atoms with Crippen LogP contribution >= 0.6 is 0 Å². The van der Waals surface area contributed by atoms with Gasteiger partial charge >= 0.3 is 0 Å². The van der Waals surface area contributed by atoms with Crippen LogP contribution in [0.5, 0.6) is 0 Å². The van der Waals surface area contributed by atoms with Gasteiger partial charge in [-0.25, -0.2) is 0 Å². The summed E-state index contributed by atoms with van der Waals surface area (Å²) in [6.45, 7) is 4.12. The fourth-order valence-corrected chi connectivity index (χ4v) is 5.67. The number of aliphatic hydroxyl groups is 3. The van der Waals surface area contributed by atoms with Crippen molar-refractivity contribution in [3.8, 4) is 0 Å². The highest BCUT2D eigenvalue weighted by Gasteiger charge is 2.26. The third-order valence-electron chi connectivity index (χ3n) is 8.62. The first-order chi connectivity index (χ1) is 20.6. The zero-order valence-corrected chi connectivity index (χ0v) is 28.1. The first-order valence-electron chi connectivity index (χ1n) is 18.5. The van der Waals surface area contributed by atoms with Crippen molar-refractivity contribution < 1.29 is 20.1 Å². The van der Waals surface area contributed by atoms with Crippen LogP contribution < -0.4 is 5.32 Å². The molecular formula is C37H73NO4. The van der Waals surface area contributed by atoms with Crippen molar-refractivity contribution in [2.45, 2.75) is 212 Å². The maximum atomic E-state index is 12.3. The van der Waals surface area contributed by atoms with Crippen LogP contribution in [0.25, 0.3) is 0 Å². The Morgan fingerprint density at radius 2 is 0.976 bits per heavy atom. The van der Waals surface area contributed by atoms with Crippen LogP contribution in [0.15, 0.2) is 12.2 Å². The van der Waals surface area contributed by atoms with Gasteiger partial charge in [-0.05, 0) is 32.1 Å². The van der Waals surface area contributed by atoms with Gasteiger partial charge in [-0.3, -0.25) is 4.79 Å². The van der Waals surface area contributed by atoms with Crippen molar-refractivity contribution in [3.63, 3.8) is 0 Å². The third kappa shape index (κ3) is 27.9. The highest BCUT2D eigenvalue weighted by Crippen LogP contribution is 2.16. The van der Waals surface area contributed by atoms with E-state index in [1.807, 2.05) is 0 Å². The van der Waals surface area contributed by atoms with Crippen LogP contribution in [0.1, 0.15) is 194 Å². The lowest BCUT2D eigenvalue weighted by molar-refractivity contribution is -0.124. The molecule has 0 aromatic heterocycles. The molecule has 1 amide bonds. The molecule has 0 saturated carbocycles. The summed E-state index contributed by atoms with van der Waals surface area (Å²) in [6.07, 6.45) is 35.9. The molecule has 0 aromatic rings. The average molecular weight is 596 g/mol. The van der Waals surface area contributed by atoms with E-state index < -0.39 is 18.2 Å². The smallest absolute Gasteiger partial charge is 0.220 e. The van der Waals surface area contributed by atoms with E-state index in [4.69, 9.17) is 0 Å². The van der Waals surface area contributed by atoms with Gasteiger partial charge in [-0.1, -0.05) is 167 Å². The lowest BCUT2D eigenvalue weighted by Crippen LogP contribution is -2.50. The van der Waals surface area contributed by atoms with Crippen LogP contribution in [-0.4, -0.2) is 46.1 Å². The van der Waals surface area contributed by atoms with E-state index in [0.717, 1.165) is 51.4 Å². The van der Waals surface area contributed by atoms with Crippen molar-refractivity contribution in [1.29, 1.82) is 0 Å². The van der Waals surface area contributed by atoms with Crippen molar-refractivity contribution in [3.05, 3.63) is 12.2 Å². The second-order valence-electron chi connectivity index (χ2n) is 12.8. The van der Waals surface area contributed by atoms with Crippen LogP contribution in [-0.2, 0) is 4.79 Å². The maximum Gasteiger partial charge on any atom is 0.220 e. The van der Waals surface area contributed by atoms with Crippen LogP contribution in [0.4, 0.5) is 0 Å². The first-order valence-corrected chi connectivity index (χ1v) is 18.5. The second kappa shape index (κ2) is 33.0. The largest absolute Gasteiger partial charge is 0.394 e. The molecule has 0 aliphatic heterocycles. The summed E-state index contributed by atoms with van der Waals surface area (Å²) in [5.41, 5.74) is 0. The third-order valence-corrected chi connectivity index (χ3v) is 8.62. The summed E-state index contributed by atoms with van der Waals surface area (Å²) in [5, 5.41) is 33.3. The Labute approximate surface area is 261 Å². The predicted molar refractivity (Wildman–Crippen MR) is 181 cm³/mol. The van der Waals surface area contributed by atoms with Crippen LogP contribution in [0.3, 0.4) is 0 Å². The number of carbonyl (C=O) groups excluding carboxylic acids is 1. The molecular weight excluding hydrogens is 522 g/mol. The van der Waals surface area contributed by atoms with Crippen molar-refractivity contribution in [1.82, 2.24) is 5.32 Å². The molecule has 5 nitrogen and oxygen atoms in total. The van der Waals surface area contributed by atoms with Gasteiger partial charge < -0.3 is 20.6 Å². The molecule has 0 aromatic carbocycles. The lowest BCUT2D eigenvalue weighted by atomic mass is 9.99.